The van der Waals surface area contributed by atoms with Crippen molar-refractivity contribution in [3.8, 4) is 22.5 Å². The second kappa shape index (κ2) is 11.5. The van der Waals surface area contributed by atoms with Crippen molar-refractivity contribution in [2.45, 2.75) is 0 Å². The molecular weight excluding hydrogens is 429 g/mol. The number of nitrogens with two attached hydrogens (primary N) is 2. The first-order valence-electron chi connectivity index (χ1n) is 8.25. The monoisotopic (exact) mass is 449 g/mol. The predicted octanol–water partition coefficient (Wildman–Crippen LogP) is 2.58. The fraction of sp³-hybridized carbons (Fsp3) is 0.105. The molecule has 158 valence electrons. The molecule has 1 aromatic carbocycles. The van der Waals surface area contributed by atoms with Gasteiger partial charge in [-0.05, 0) is 12.1 Å². The average Bonchev–Trinajstić information content (AvgIpc) is 2.74. The molecule has 0 saturated heterocycles. The van der Waals surface area contributed by atoms with E-state index in [1.807, 2.05) is 30.3 Å². The second-order valence-electron chi connectivity index (χ2n) is 5.62. The quantitative estimate of drug-likeness (QED) is 0.335. The van der Waals surface area contributed by atoms with Crippen LogP contribution in [0.1, 0.15) is 11.3 Å². The fourth-order valence-corrected chi connectivity index (χ4v) is 2.45. The summed E-state index contributed by atoms with van der Waals surface area (Å²) >= 11 is 0. The molecule has 0 unspecified atom stereocenters. The Bertz CT molecular complexity index is 931. The summed E-state index contributed by atoms with van der Waals surface area (Å²) in [5.41, 5.74) is 15.9. The van der Waals surface area contributed by atoms with E-state index in [4.69, 9.17) is 11.5 Å². The lowest BCUT2D eigenvalue weighted by Gasteiger charge is -2.06. The molecule has 2 aromatic heterocycles. The molecule has 0 bridgehead atoms. The maximum absolute atomic E-state index is 5.81. The van der Waals surface area contributed by atoms with E-state index in [0.717, 1.165) is 22.4 Å². The Morgan fingerprint density at radius 3 is 1.90 bits per heavy atom. The van der Waals surface area contributed by atoms with Crippen molar-refractivity contribution in [3.63, 3.8) is 0 Å². The summed E-state index contributed by atoms with van der Waals surface area (Å²) in [5, 5.41) is 7.38. The summed E-state index contributed by atoms with van der Waals surface area (Å²) in [6.45, 7) is 0. The highest BCUT2D eigenvalue weighted by Gasteiger charge is 2.08. The smallest absolute Gasteiger partial charge is 0.188 e. The number of hydrogen-bond donors (Lipinski definition) is 2. The largest absolute Gasteiger partial charge is 0.397 e. The number of aromatic nitrogens is 3. The standard InChI is InChI=1S/C19H19N7O2.2ClH/c1-27-25-18(20)13-5-3-12(4-6-13)16-10-22-11-17(24-16)14-7-8-15(23-9-14)19(21)26-28-2;;/h3-11H,1-2H3,(H2,20,25)(H2,21,26);2*1H. The minimum atomic E-state index is 0. The number of oxime groups is 2. The van der Waals surface area contributed by atoms with Gasteiger partial charge in [0.25, 0.3) is 0 Å². The van der Waals surface area contributed by atoms with Crippen LogP contribution in [0.5, 0.6) is 0 Å². The van der Waals surface area contributed by atoms with Gasteiger partial charge in [-0.3, -0.25) is 9.97 Å². The molecule has 0 aliphatic heterocycles. The lowest BCUT2D eigenvalue weighted by atomic mass is 10.1. The molecular formula is C19H21Cl2N7O2. The highest BCUT2D eigenvalue weighted by Crippen LogP contribution is 2.21. The van der Waals surface area contributed by atoms with Crippen molar-refractivity contribution in [3.05, 3.63) is 66.2 Å². The fourth-order valence-electron chi connectivity index (χ4n) is 2.45. The number of hydrogen-bond acceptors (Lipinski definition) is 7. The van der Waals surface area contributed by atoms with Crippen molar-refractivity contribution in [1.29, 1.82) is 0 Å². The van der Waals surface area contributed by atoms with Crippen molar-refractivity contribution in [2.24, 2.45) is 21.8 Å². The topological polar surface area (TPSA) is 134 Å². The zero-order valence-electron chi connectivity index (χ0n) is 16.2. The molecule has 0 aliphatic rings. The van der Waals surface area contributed by atoms with E-state index >= 15 is 0 Å². The van der Waals surface area contributed by atoms with E-state index < -0.39 is 0 Å². The lowest BCUT2D eigenvalue weighted by molar-refractivity contribution is 0.213. The Morgan fingerprint density at radius 1 is 0.767 bits per heavy atom. The van der Waals surface area contributed by atoms with Gasteiger partial charge in [0.1, 0.15) is 19.9 Å². The van der Waals surface area contributed by atoms with Gasteiger partial charge in [-0.15, -0.1) is 24.8 Å². The van der Waals surface area contributed by atoms with Gasteiger partial charge in [0.2, 0.25) is 0 Å². The summed E-state index contributed by atoms with van der Waals surface area (Å²) in [7, 11) is 2.87. The molecule has 3 aromatic rings. The lowest BCUT2D eigenvalue weighted by Crippen LogP contribution is -2.15. The van der Waals surface area contributed by atoms with Crippen LogP contribution in [0, 0.1) is 0 Å². The number of pyridine rings is 1. The van der Waals surface area contributed by atoms with Gasteiger partial charge in [0.05, 0.1) is 23.8 Å². The average molecular weight is 450 g/mol. The molecule has 0 spiro atoms. The van der Waals surface area contributed by atoms with Gasteiger partial charge in [0.15, 0.2) is 11.7 Å². The Kier molecular flexibility index (Phi) is 9.47. The molecule has 0 radical (unpaired) electrons. The second-order valence-corrected chi connectivity index (χ2v) is 5.62. The molecule has 0 fully saturated rings. The van der Waals surface area contributed by atoms with Gasteiger partial charge < -0.3 is 21.1 Å². The van der Waals surface area contributed by atoms with E-state index in [1.165, 1.54) is 14.2 Å². The van der Waals surface area contributed by atoms with Crippen molar-refractivity contribution in [1.82, 2.24) is 15.0 Å². The Morgan fingerprint density at radius 2 is 1.33 bits per heavy atom. The number of nitrogens with zero attached hydrogens (tertiary/aromatic N) is 5. The Hall–Kier alpha value is -3.43. The zero-order chi connectivity index (χ0) is 19.9. The van der Waals surface area contributed by atoms with Crippen LogP contribution in [-0.2, 0) is 9.68 Å². The third kappa shape index (κ3) is 5.79. The molecule has 0 amide bonds. The van der Waals surface area contributed by atoms with Gasteiger partial charge >= 0.3 is 0 Å². The Balaban J connectivity index is 0.00000225. The summed E-state index contributed by atoms with van der Waals surface area (Å²) in [4.78, 5) is 22.6. The van der Waals surface area contributed by atoms with Gasteiger partial charge in [-0.25, -0.2) is 4.98 Å². The minimum absolute atomic E-state index is 0. The van der Waals surface area contributed by atoms with E-state index in [0.29, 0.717) is 17.2 Å². The maximum atomic E-state index is 5.81. The van der Waals surface area contributed by atoms with Crippen molar-refractivity contribution in [2.75, 3.05) is 14.2 Å². The minimum Gasteiger partial charge on any atom is -0.397 e. The summed E-state index contributed by atoms with van der Waals surface area (Å²) in [5.74, 6) is 0.501. The summed E-state index contributed by atoms with van der Waals surface area (Å²) in [6.07, 6.45) is 5.02. The number of halogens is 2. The highest BCUT2D eigenvalue weighted by atomic mass is 35.5. The van der Waals surface area contributed by atoms with Gasteiger partial charge in [-0.2, -0.15) is 0 Å². The molecule has 9 nitrogen and oxygen atoms in total. The predicted molar refractivity (Wildman–Crippen MR) is 121 cm³/mol. The van der Waals surface area contributed by atoms with Crippen LogP contribution in [0.15, 0.2) is 65.3 Å². The van der Waals surface area contributed by atoms with Crippen LogP contribution in [0.4, 0.5) is 0 Å². The Labute approximate surface area is 186 Å². The van der Waals surface area contributed by atoms with E-state index in [-0.39, 0.29) is 30.6 Å². The summed E-state index contributed by atoms with van der Waals surface area (Å²) < 4.78 is 0. The molecule has 30 heavy (non-hydrogen) atoms. The number of rotatable bonds is 6. The third-order valence-corrected chi connectivity index (χ3v) is 3.81. The number of benzene rings is 1. The van der Waals surface area contributed by atoms with Crippen LogP contribution in [0.25, 0.3) is 22.5 Å². The molecule has 0 saturated carbocycles. The van der Waals surface area contributed by atoms with E-state index in [9.17, 15) is 0 Å². The molecule has 4 N–H and O–H groups in total. The highest BCUT2D eigenvalue weighted by molar-refractivity contribution is 5.97. The first kappa shape index (κ1) is 24.6. The van der Waals surface area contributed by atoms with Crippen molar-refractivity contribution >= 4 is 36.5 Å². The third-order valence-electron chi connectivity index (χ3n) is 3.81. The van der Waals surface area contributed by atoms with Crippen LogP contribution < -0.4 is 11.5 Å². The van der Waals surface area contributed by atoms with Crippen LogP contribution in [0.2, 0.25) is 0 Å². The number of amidine groups is 2. The molecule has 0 aliphatic carbocycles. The molecule has 2 heterocycles. The van der Waals surface area contributed by atoms with E-state index in [1.54, 1.807) is 24.7 Å². The van der Waals surface area contributed by atoms with Gasteiger partial charge in [0, 0.05) is 22.9 Å². The molecule has 3 rings (SSSR count). The van der Waals surface area contributed by atoms with Crippen LogP contribution in [-0.4, -0.2) is 40.8 Å². The van der Waals surface area contributed by atoms with E-state index in [2.05, 4.69) is 34.9 Å². The molecule has 11 heteroatoms. The maximum Gasteiger partial charge on any atom is 0.188 e. The first-order chi connectivity index (χ1) is 13.6. The van der Waals surface area contributed by atoms with Crippen LogP contribution in [0.3, 0.4) is 0 Å². The molecule has 0 atom stereocenters. The summed E-state index contributed by atoms with van der Waals surface area (Å²) in [6, 6.07) is 11.1. The first-order valence-corrected chi connectivity index (χ1v) is 8.25. The normalized spacial score (nSPS) is 11.1. The SMILES string of the molecule is CO/N=C(/N)c1ccc(-c2cncc(-c3ccc(/C(N)=N\OC)nc3)n2)cc1.Cl.Cl. The van der Waals surface area contributed by atoms with Gasteiger partial charge in [-0.1, -0.05) is 34.6 Å². The van der Waals surface area contributed by atoms with Crippen LogP contribution >= 0.6 is 24.8 Å². The zero-order valence-corrected chi connectivity index (χ0v) is 17.9. The van der Waals surface area contributed by atoms with Crippen molar-refractivity contribution < 1.29 is 9.68 Å².